The molecule has 0 saturated carbocycles. The van der Waals surface area contributed by atoms with E-state index < -0.39 is 15.6 Å². The van der Waals surface area contributed by atoms with E-state index in [1.807, 2.05) is 0 Å². The Hall–Kier alpha value is -0.470. The summed E-state index contributed by atoms with van der Waals surface area (Å²) < 4.78 is 47.3. The summed E-state index contributed by atoms with van der Waals surface area (Å²) in [7, 11) is -4.48. The summed E-state index contributed by atoms with van der Waals surface area (Å²) in [6, 6.07) is 5.69. The quantitative estimate of drug-likeness (QED) is 0.888. The van der Waals surface area contributed by atoms with E-state index in [9.17, 15) is 17.2 Å². The van der Waals surface area contributed by atoms with Crippen LogP contribution in [0.1, 0.15) is 5.56 Å². The first-order valence-corrected chi connectivity index (χ1v) is 7.59. The van der Waals surface area contributed by atoms with Crippen LogP contribution in [0.4, 0.5) is 8.78 Å². The Morgan fingerprint density at radius 3 is 2.10 bits per heavy atom. The summed E-state index contributed by atoms with van der Waals surface area (Å²) in [4.78, 5) is 1.90. The first-order chi connectivity index (χ1) is 9.00. The van der Waals surface area contributed by atoms with E-state index in [0.29, 0.717) is 6.54 Å². The first kappa shape index (κ1) is 20.5. The van der Waals surface area contributed by atoms with Crippen molar-refractivity contribution in [1.29, 1.82) is 0 Å². The van der Waals surface area contributed by atoms with Gasteiger partial charge in [-0.2, -0.15) is 8.78 Å². The molecule has 1 aliphatic rings. The molecule has 0 aliphatic carbocycles. The molecule has 0 unspecified atom stereocenters. The van der Waals surface area contributed by atoms with Gasteiger partial charge in [-0.15, -0.1) is 24.8 Å². The van der Waals surface area contributed by atoms with Gasteiger partial charge in [-0.3, -0.25) is 4.90 Å². The summed E-state index contributed by atoms with van der Waals surface area (Å²) in [5, 5.41) is 3.24. The minimum Gasteiger partial charge on any atom is -0.314 e. The Balaban J connectivity index is 0.00000200. The van der Waals surface area contributed by atoms with Crippen LogP contribution in [0.25, 0.3) is 0 Å². The van der Waals surface area contributed by atoms with Gasteiger partial charge in [0.05, 0.1) is 4.90 Å². The number of hydrogen-bond acceptors (Lipinski definition) is 4. The Kier molecular flexibility index (Phi) is 8.65. The molecule has 0 amide bonds. The molecule has 21 heavy (non-hydrogen) atoms. The number of rotatable bonds is 4. The van der Waals surface area contributed by atoms with Gasteiger partial charge in [0.1, 0.15) is 0 Å². The van der Waals surface area contributed by atoms with Crippen LogP contribution in [0.15, 0.2) is 29.2 Å². The predicted molar refractivity (Wildman–Crippen MR) is 82.3 cm³/mol. The van der Waals surface area contributed by atoms with E-state index in [0.717, 1.165) is 31.7 Å². The van der Waals surface area contributed by atoms with Crippen molar-refractivity contribution in [2.45, 2.75) is 17.2 Å². The topological polar surface area (TPSA) is 49.4 Å². The lowest BCUT2D eigenvalue weighted by atomic mass is 10.2. The van der Waals surface area contributed by atoms with Crippen LogP contribution in [-0.2, 0) is 16.4 Å². The molecular formula is C12H18Cl2F2N2O2S. The van der Waals surface area contributed by atoms with Crippen LogP contribution in [0.3, 0.4) is 0 Å². The predicted octanol–water partition coefficient (Wildman–Crippen LogP) is 1.93. The standard InChI is InChI=1S/C12H16F2N2O2S.2ClH/c13-12(14)19(17,18)11-3-1-10(2-4-11)9-16-7-5-15-6-8-16;;/h1-4,12,15H,5-9H2;2*1H. The maximum atomic E-state index is 12.4. The molecule has 1 aromatic carbocycles. The summed E-state index contributed by atoms with van der Waals surface area (Å²) in [6.07, 6.45) is 0. The molecule has 1 heterocycles. The second kappa shape index (κ2) is 8.85. The van der Waals surface area contributed by atoms with Gasteiger partial charge in [-0.25, -0.2) is 8.42 Å². The molecule has 1 fully saturated rings. The van der Waals surface area contributed by atoms with Crippen molar-refractivity contribution in [3.8, 4) is 0 Å². The molecule has 1 saturated heterocycles. The van der Waals surface area contributed by atoms with Crippen LogP contribution in [0, 0.1) is 0 Å². The largest absolute Gasteiger partial charge is 0.341 e. The van der Waals surface area contributed by atoms with Gasteiger partial charge >= 0.3 is 5.76 Å². The normalized spacial score (nSPS) is 16.1. The fourth-order valence-corrected chi connectivity index (χ4v) is 2.74. The average molecular weight is 363 g/mol. The number of sulfone groups is 1. The average Bonchev–Trinajstić information content (AvgIpc) is 2.40. The van der Waals surface area contributed by atoms with Crippen molar-refractivity contribution in [3.05, 3.63) is 29.8 Å². The fraction of sp³-hybridized carbons (Fsp3) is 0.500. The smallest absolute Gasteiger partial charge is 0.314 e. The van der Waals surface area contributed by atoms with Gasteiger partial charge in [-0.05, 0) is 17.7 Å². The highest BCUT2D eigenvalue weighted by atomic mass is 35.5. The summed E-state index contributed by atoms with van der Waals surface area (Å²) >= 11 is 0. The molecule has 1 aromatic rings. The number of nitrogens with zero attached hydrogens (tertiary/aromatic N) is 1. The van der Waals surface area contributed by atoms with Gasteiger partial charge in [0.15, 0.2) is 0 Å². The van der Waals surface area contributed by atoms with E-state index >= 15 is 0 Å². The first-order valence-electron chi connectivity index (χ1n) is 6.04. The summed E-state index contributed by atoms with van der Waals surface area (Å²) in [5.74, 6) is -3.37. The van der Waals surface area contributed by atoms with Gasteiger partial charge < -0.3 is 5.32 Å². The molecule has 0 aromatic heterocycles. The highest BCUT2D eigenvalue weighted by Gasteiger charge is 2.26. The highest BCUT2D eigenvalue weighted by molar-refractivity contribution is 7.91. The number of halogens is 4. The molecule has 1 aliphatic heterocycles. The summed E-state index contributed by atoms with van der Waals surface area (Å²) in [6.45, 7) is 4.42. The van der Waals surface area contributed by atoms with E-state index in [4.69, 9.17) is 0 Å². The van der Waals surface area contributed by atoms with Crippen molar-refractivity contribution in [2.75, 3.05) is 26.2 Å². The Morgan fingerprint density at radius 2 is 1.62 bits per heavy atom. The van der Waals surface area contributed by atoms with Crippen LogP contribution in [0.2, 0.25) is 0 Å². The fourth-order valence-electron chi connectivity index (χ4n) is 2.01. The van der Waals surface area contributed by atoms with Crippen LogP contribution in [0.5, 0.6) is 0 Å². The molecule has 2 rings (SSSR count). The molecule has 9 heteroatoms. The van der Waals surface area contributed by atoms with E-state index in [2.05, 4.69) is 10.2 Å². The number of piperazine rings is 1. The Bertz CT molecular complexity index is 521. The van der Waals surface area contributed by atoms with Crippen molar-refractivity contribution in [3.63, 3.8) is 0 Å². The van der Waals surface area contributed by atoms with Crippen LogP contribution >= 0.6 is 24.8 Å². The highest BCUT2D eigenvalue weighted by Crippen LogP contribution is 2.19. The maximum Gasteiger partial charge on any atom is 0.341 e. The molecule has 0 spiro atoms. The zero-order valence-corrected chi connectivity index (χ0v) is 13.6. The minimum atomic E-state index is -4.48. The van der Waals surface area contributed by atoms with Crippen molar-refractivity contribution in [1.82, 2.24) is 10.2 Å². The third kappa shape index (κ3) is 5.34. The second-order valence-electron chi connectivity index (χ2n) is 4.48. The third-order valence-electron chi connectivity index (χ3n) is 3.10. The number of benzene rings is 1. The van der Waals surface area contributed by atoms with Crippen molar-refractivity contribution < 1.29 is 17.2 Å². The van der Waals surface area contributed by atoms with Crippen LogP contribution < -0.4 is 5.32 Å². The molecular weight excluding hydrogens is 345 g/mol. The van der Waals surface area contributed by atoms with Crippen molar-refractivity contribution >= 4 is 34.7 Å². The lowest BCUT2D eigenvalue weighted by Gasteiger charge is -2.27. The number of hydrogen-bond donors (Lipinski definition) is 1. The maximum absolute atomic E-state index is 12.4. The lowest BCUT2D eigenvalue weighted by molar-refractivity contribution is 0.233. The monoisotopic (exact) mass is 362 g/mol. The third-order valence-corrected chi connectivity index (χ3v) is 4.50. The number of nitrogens with one attached hydrogen (secondary N) is 1. The molecule has 122 valence electrons. The van der Waals surface area contributed by atoms with E-state index in [1.165, 1.54) is 12.1 Å². The Labute approximate surface area is 135 Å². The molecule has 4 nitrogen and oxygen atoms in total. The SMILES string of the molecule is Cl.Cl.O=S(=O)(c1ccc(CN2CCNCC2)cc1)C(F)F. The second-order valence-corrected chi connectivity index (χ2v) is 6.39. The summed E-state index contributed by atoms with van der Waals surface area (Å²) in [5.41, 5.74) is 0.926. The number of alkyl halides is 2. The van der Waals surface area contributed by atoms with Gasteiger partial charge in [0.2, 0.25) is 9.84 Å². The Morgan fingerprint density at radius 1 is 1.10 bits per heavy atom. The molecule has 0 radical (unpaired) electrons. The van der Waals surface area contributed by atoms with E-state index in [-0.39, 0.29) is 29.7 Å². The molecule has 1 N–H and O–H groups in total. The van der Waals surface area contributed by atoms with Gasteiger partial charge in [0, 0.05) is 32.7 Å². The molecule has 0 bridgehead atoms. The van der Waals surface area contributed by atoms with Gasteiger partial charge in [0.25, 0.3) is 0 Å². The van der Waals surface area contributed by atoms with Gasteiger partial charge in [-0.1, -0.05) is 12.1 Å². The zero-order chi connectivity index (χ0) is 13.9. The van der Waals surface area contributed by atoms with Crippen molar-refractivity contribution in [2.24, 2.45) is 0 Å². The molecule has 0 atom stereocenters. The minimum absolute atomic E-state index is 0. The van der Waals surface area contributed by atoms with E-state index in [1.54, 1.807) is 12.1 Å². The van der Waals surface area contributed by atoms with Crippen LogP contribution in [-0.4, -0.2) is 45.3 Å². The lowest BCUT2D eigenvalue weighted by Crippen LogP contribution is -2.42. The zero-order valence-electron chi connectivity index (χ0n) is 11.2.